The van der Waals surface area contributed by atoms with Crippen LogP contribution in [-0.2, 0) is 5.41 Å². The molecule has 0 amide bonds. The molecule has 1 aliphatic carbocycles. The Morgan fingerprint density at radius 2 is 1.37 bits per heavy atom. The summed E-state index contributed by atoms with van der Waals surface area (Å²) in [7, 11) is 0. The van der Waals surface area contributed by atoms with Gasteiger partial charge in [-0.1, -0.05) is 56.3 Å². The summed E-state index contributed by atoms with van der Waals surface area (Å²) in [5, 5.41) is 5.28. The molecular weight excluding hydrogens is 464 g/mol. The molecule has 0 spiro atoms. The average Bonchev–Trinajstić information content (AvgIpc) is 3.50. The molecule has 0 saturated carbocycles. The Balaban J connectivity index is 1.24. The van der Waals surface area contributed by atoms with Crippen LogP contribution in [-0.4, -0.2) is 19.4 Å². The second kappa shape index (κ2) is 7.59. The van der Waals surface area contributed by atoms with Crippen molar-refractivity contribution in [1.29, 1.82) is 0 Å². The van der Waals surface area contributed by atoms with E-state index in [0.29, 0.717) is 0 Å². The summed E-state index contributed by atoms with van der Waals surface area (Å²) in [6.45, 7) is 4.68. The van der Waals surface area contributed by atoms with Crippen LogP contribution in [0.5, 0.6) is 0 Å². The molecule has 0 atom stereocenters. The smallest absolute Gasteiger partial charge is 0.137 e. The minimum Gasteiger partial charge on any atom is -0.306 e. The lowest BCUT2D eigenvalue weighted by Gasteiger charge is -2.23. The van der Waals surface area contributed by atoms with Crippen LogP contribution in [0, 0.1) is 0 Å². The number of nitrogens with zero attached hydrogens (tertiary/aromatic N) is 4. The van der Waals surface area contributed by atoms with Crippen LogP contribution in [0.15, 0.2) is 110 Å². The Labute approximate surface area is 220 Å². The third-order valence-corrected chi connectivity index (χ3v) is 8.11. The minimum atomic E-state index is -0.120. The van der Waals surface area contributed by atoms with Crippen LogP contribution in [0.1, 0.15) is 25.0 Å². The predicted octanol–water partition coefficient (Wildman–Crippen LogP) is 8.07. The van der Waals surface area contributed by atoms with Gasteiger partial charge in [-0.05, 0) is 80.2 Å². The fraction of sp³-hybridized carbons (Fsp3) is 0.0882. The number of rotatable bonds is 3. The number of imidazole rings is 1. The van der Waals surface area contributed by atoms with Gasteiger partial charge in [-0.25, -0.2) is 4.98 Å². The summed E-state index contributed by atoms with van der Waals surface area (Å²) in [5.74, 6) is 0. The molecule has 0 saturated heterocycles. The van der Waals surface area contributed by atoms with Gasteiger partial charge in [0, 0.05) is 41.3 Å². The van der Waals surface area contributed by atoms with E-state index in [-0.39, 0.29) is 5.41 Å². The minimum absolute atomic E-state index is 0.120. The summed E-state index contributed by atoms with van der Waals surface area (Å²) in [6.07, 6.45) is 9.44. The highest BCUT2D eigenvalue weighted by Crippen LogP contribution is 2.51. The lowest BCUT2D eigenvalue weighted by Crippen LogP contribution is -2.15. The topological polar surface area (TPSA) is 43.1 Å². The van der Waals surface area contributed by atoms with Gasteiger partial charge in [-0.3, -0.25) is 9.97 Å². The second-order valence-corrected chi connectivity index (χ2v) is 10.7. The first-order chi connectivity index (χ1) is 18.6. The SMILES string of the molecule is CC1(C)c2cc(-c3ccc(-c4cn5ccccc5n4)cc3)cc3ccc4cc(-c5cnccn5)cc1c4c23. The van der Waals surface area contributed by atoms with Crippen molar-refractivity contribution in [1.82, 2.24) is 19.4 Å². The summed E-state index contributed by atoms with van der Waals surface area (Å²) >= 11 is 0. The molecule has 38 heavy (non-hydrogen) atoms. The van der Waals surface area contributed by atoms with Gasteiger partial charge < -0.3 is 4.40 Å². The van der Waals surface area contributed by atoms with Gasteiger partial charge in [0.05, 0.1) is 17.6 Å². The quantitative estimate of drug-likeness (QED) is 0.236. The van der Waals surface area contributed by atoms with Crippen molar-refractivity contribution < 1.29 is 0 Å². The Morgan fingerprint density at radius 1 is 0.658 bits per heavy atom. The molecule has 4 heteroatoms. The van der Waals surface area contributed by atoms with Crippen molar-refractivity contribution in [2.75, 3.05) is 0 Å². The largest absolute Gasteiger partial charge is 0.306 e. The van der Waals surface area contributed by atoms with Gasteiger partial charge in [0.25, 0.3) is 0 Å². The van der Waals surface area contributed by atoms with Crippen molar-refractivity contribution in [3.63, 3.8) is 0 Å². The van der Waals surface area contributed by atoms with Gasteiger partial charge in [0.15, 0.2) is 0 Å². The van der Waals surface area contributed by atoms with Gasteiger partial charge in [-0.2, -0.15) is 0 Å². The zero-order chi connectivity index (χ0) is 25.4. The molecule has 3 heterocycles. The van der Waals surface area contributed by atoms with Crippen molar-refractivity contribution in [2.45, 2.75) is 19.3 Å². The van der Waals surface area contributed by atoms with E-state index < -0.39 is 0 Å². The van der Waals surface area contributed by atoms with Gasteiger partial charge >= 0.3 is 0 Å². The van der Waals surface area contributed by atoms with E-state index in [4.69, 9.17) is 4.98 Å². The molecule has 0 unspecified atom stereocenters. The van der Waals surface area contributed by atoms with Gasteiger partial charge in [-0.15, -0.1) is 0 Å². The molecule has 180 valence electrons. The van der Waals surface area contributed by atoms with Crippen LogP contribution in [0.3, 0.4) is 0 Å². The zero-order valence-electron chi connectivity index (χ0n) is 21.2. The molecule has 8 rings (SSSR count). The number of benzene rings is 4. The third-order valence-electron chi connectivity index (χ3n) is 8.11. The van der Waals surface area contributed by atoms with E-state index in [1.54, 1.807) is 12.4 Å². The molecule has 4 nitrogen and oxygen atoms in total. The maximum Gasteiger partial charge on any atom is 0.137 e. The Morgan fingerprint density at radius 3 is 2.08 bits per heavy atom. The number of pyridine rings is 1. The summed E-state index contributed by atoms with van der Waals surface area (Å²) in [4.78, 5) is 13.6. The fourth-order valence-corrected chi connectivity index (χ4v) is 6.13. The predicted molar refractivity (Wildman–Crippen MR) is 154 cm³/mol. The molecule has 0 bridgehead atoms. The molecule has 1 aliphatic rings. The maximum absolute atomic E-state index is 4.78. The van der Waals surface area contributed by atoms with Crippen LogP contribution in [0.2, 0.25) is 0 Å². The highest BCUT2D eigenvalue weighted by molar-refractivity contribution is 6.16. The summed E-state index contributed by atoms with van der Waals surface area (Å²) in [5.41, 5.74) is 10.2. The van der Waals surface area contributed by atoms with Crippen LogP contribution >= 0.6 is 0 Å². The first-order valence-corrected chi connectivity index (χ1v) is 12.9. The molecule has 4 aromatic carbocycles. The monoisotopic (exact) mass is 488 g/mol. The highest BCUT2D eigenvalue weighted by Gasteiger charge is 2.35. The molecular formula is C34H24N4. The third kappa shape index (κ3) is 3.00. The van der Waals surface area contributed by atoms with Crippen molar-refractivity contribution in [3.05, 3.63) is 121 Å². The van der Waals surface area contributed by atoms with Gasteiger partial charge in [0.2, 0.25) is 0 Å². The molecule has 0 fully saturated rings. The number of fused-ring (bicyclic) bond motifs is 1. The normalized spacial score (nSPS) is 13.7. The first-order valence-electron chi connectivity index (χ1n) is 12.9. The number of aromatic nitrogens is 4. The Hall–Kier alpha value is -4.83. The molecule has 0 aliphatic heterocycles. The van der Waals surface area contributed by atoms with E-state index >= 15 is 0 Å². The van der Waals surface area contributed by atoms with E-state index in [1.165, 1.54) is 43.8 Å². The number of hydrogen-bond acceptors (Lipinski definition) is 3. The average molecular weight is 489 g/mol. The number of hydrogen-bond donors (Lipinski definition) is 0. The Kier molecular flexibility index (Phi) is 4.25. The maximum atomic E-state index is 4.78. The molecule has 7 aromatic rings. The van der Waals surface area contributed by atoms with Crippen LogP contribution < -0.4 is 0 Å². The van der Waals surface area contributed by atoms with E-state index in [2.05, 4.69) is 95.1 Å². The van der Waals surface area contributed by atoms with Crippen molar-refractivity contribution in [2.24, 2.45) is 0 Å². The van der Waals surface area contributed by atoms with Crippen molar-refractivity contribution >= 4 is 27.2 Å². The lowest BCUT2D eigenvalue weighted by molar-refractivity contribution is 0.663. The lowest BCUT2D eigenvalue weighted by atomic mass is 9.80. The first kappa shape index (κ1) is 21.3. The molecule has 3 aromatic heterocycles. The van der Waals surface area contributed by atoms with Crippen molar-refractivity contribution in [3.8, 4) is 33.6 Å². The van der Waals surface area contributed by atoms with E-state index in [0.717, 1.165) is 28.2 Å². The standard InChI is InChI=1S/C34H24N4/c1-34(2)27-17-25(21-6-8-22(9-7-21)30-20-38-14-4-3-5-31(38)37-30)15-23-10-11-24-16-26(29-19-35-12-13-36-29)18-28(34)33(24)32(23)27/h3-20H,1-2H3. The fourth-order valence-electron chi connectivity index (χ4n) is 6.13. The van der Waals surface area contributed by atoms with E-state index in [1.807, 2.05) is 30.6 Å². The van der Waals surface area contributed by atoms with E-state index in [9.17, 15) is 0 Å². The summed E-state index contributed by atoms with van der Waals surface area (Å²) < 4.78 is 2.06. The highest BCUT2D eigenvalue weighted by atomic mass is 15.0. The van der Waals surface area contributed by atoms with Crippen LogP contribution in [0.25, 0.3) is 60.8 Å². The second-order valence-electron chi connectivity index (χ2n) is 10.7. The van der Waals surface area contributed by atoms with Crippen LogP contribution in [0.4, 0.5) is 0 Å². The molecule has 0 N–H and O–H groups in total. The van der Waals surface area contributed by atoms with Gasteiger partial charge in [0.1, 0.15) is 5.65 Å². The molecule has 0 radical (unpaired) electrons. The Bertz CT molecular complexity index is 2000. The summed E-state index contributed by atoms with van der Waals surface area (Å²) in [6, 6.07) is 28.7. The zero-order valence-corrected chi connectivity index (χ0v) is 21.2.